The zero-order chi connectivity index (χ0) is 18.6. The Labute approximate surface area is 150 Å². The maximum absolute atomic E-state index is 13.2. The molecular formula is C17H24F2N4O3. The van der Waals surface area contributed by atoms with Gasteiger partial charge in [0.05, 0.1) is 25.9 Å². The van der Waals surface area contributed by atoms with Crippen LogP contribution in [-0.4, -0.2) is 47.6 Å². The summed E-state index contributed by atoms with van der Waals surface area (Å²) in [6, 6.07) is -0.166. The maximum atomic E-state index is 13.2. The van der Waals surface area contributed by atoms with E-state index in [4.69, 9.17) is 9.47 Å². The standard InChI is InChI=1S/C17H24F2N4O3/c1-25-16-13(9-22-15(24)12-3-2-8-20-12)21-10-14(23-16)26-11-4-6-17(18,19)7-5-11/h10-12,20H,2-9H2,1H3,(H,22,24)/t12-/m0/s1. The molecule has 144 valence electrons. The van der Waals surface area contributed by atoms with E-state index < -0.39 is 5.92 Å². The molecule has 9 heteroatoms. The average Bonchev–Trinajstić information content (AvgIpc) is 3.17. The molecule has 2 N–H and O–H groups in total. The Morgan fingerprint density at radius 3 is 2.81 bits per heavy atom. The van der Waals surface area contributed by atoms with Gasteiger partial charge in [-0.15, -0.1) is 0 Å². The van der Waals surface area contributed by atoms with Crippen LogP contribution in [-0.2, 0) is 11.3 Å². The molecule has 1 atom stereocenters. The summed E-state index contributed by atoms with van der Waals surface area (Å²) >= 11 is 0. The van der Waals surface area contributed by atoms with Crippen molar-refractivity contribution in [1.82, 2.24) is 20.6 Å². The van der Waals surface area contributed by atoms with Crippen LogP contribution in [0, 0.1) is 0 Å². The SMILES string of the molecule is COc1nc(OC2CCC(F)(F)CC2)cnc1CNC(=O)[C@@H]1CCCN1. The molecule has 0 unspecified atom stereocenters. The third-order valence-electron chi connectivity index (χ3n) is 4.74. The summed E-state index contributed by atoms with van der Waals surface area (Å²) < 4.78 is 37.3. The number of nitrogens with zero attached hydrogens (tertiary/aromatic N) is 2. The van der Waals surface area contributed by atoms with Crippen molar-refractivity contribution in [1.29, 1.82) is 0 Å². The van der Waals surface area contributed by atoms with Crippen LogP contribution in [0.4, 0.5) is 8.78 Å². The Morgan fingerprint density at radius 1 is 1.38 bits per heavy atom. The molecule has 1 aliphatic heterocycles. The van der Waals surface area contributed by atoms with Crippen LogP contribution >= 0.6 is 0 Å². The van der Waals surface area contributed by atoms with Gasteiger partial charge in [-0.25, -0.2) is 13.8 Å². The zero-order valence-electron chi connectivity index (χ0n) is 14.8. The zero-order valence-corrected chi connectivity index (χ0v) is 14.8. The summed E-state index contributed by atoms with van der Waals surface area (Å²) in [7, 11) is 1.46. The minimum absolute atomic E-state index is 0.0742. The summed E-state index contributed by atoms with van der Waals surface area (Å²) in [6.45, 7) is 1.05. The Hall–Kier alpha value is -2.03. The number of ether oxygens (including phenoxy) is 2. The third-order valence-corrected chi connectivity index (χ3v) is 4.74. The third kappa shape index (κ3) is 4.78. The van der Waals surface area contributed by atoms with Crippen LogP contribution in [0.2, 0.25) is 0 Å². The molecule has 1 amide bonds. The number of rotatable bonds is 6. The fourth-order valence-electron chi connectivity index (χ4n) is 3.23. The van der Waals surface area contributed by atoms with Gasteiger partial charge in [0.1, 0.15) is 11.8 Å². The molecule has 0 spiro atoms. The molecular weight excluding hydrogens is 346 g/mol. The number of alkyl halides is 2. The van der Waals surface area contributed by atoms with Gasteiger partial charge in [-0.3, -0.25) is 4.79 Å². The van der Waals surface area contributed by atoms with Gasteiger partial charge in [0.2, 0.25) is 23.6 Å². The van der Waals surface area contributed by atoms with E-state index in [0.29, 0.717) is 5.69 Å². The molecule has 7 nitrogen and oxygen atoms in total. The van der Waals surface area contributed by atoms with Crippen LogP contribution in [0.3, 0.4) is 0 Å². The van der Waals surface area contributed by atoms with Crippen molar-refractivity contribution in [2.75, 3.05) is 13.7 Å². The summed E-state index contributed by atoms with van der Waals surface area (Å²) in [5.74, 6) is -2.18. The minimum atomic E-state index is -2.60. The molecule has 1 saturated heterocycles. The smallest absolute Gasteiger partial charge is 0.248 e. The summed E-state index contributed by atoms with van der Waals surface area (Å²) in [6.07, 6.45) is 3.15. The topological polar surface area (TPSA) is 85.4 Å². The van der Waals surface area contributed by atoms with Crippen LogP contribution in [0.15, 0.2) is 6.20 Å². The summed E-state index contributed by atoms with van der Waals surface area (Å²) in [5, 5.41) is 5.95. The van der Waals surface area contributed by atoms with Gasteiger partial charge in [0, 0.05) is 12.8 Å². The lowest BCUT2D eigenvalue weighted by atomic mass is 9.94. The number of methoxy groups -OCH3 is 1. The molecule has 3 rings (SSSR count). The molecule has 2 aliphatic rings. The molecule has 1 aliphatic carbocycles. The number of nitrogens with one attached hydrogen (secondary N) is 2. The molecule has 2 heterocycles. The summed E-state index contributed by atoms with van der Waals surface area (Å²) in [5.41, 5.74) is 0.487. The lowest BCUT2D eigenvalue weighted by Gasteiger charge is -2.28. The van der Waals surface area contributed by atoms with E-state index in [1.807, 2.05) is 0 Å². The van der Waals surface area contributed by atoms with E-state index in [-0.39, 0.29) is 62.0 Å². The van der Waals surface area contributed by atoms with Gasteiger partial charge in [0.25, 0.3) is 0 Å². The molecule has 1 aromatic heterocycles. The predicted octanol–water partition coefficient (Wildman–Crippen LogP) is 1.81. The molecule has 0 aromatic carbocycles. The Bertz CT molecular complexity index is 628. The van der Waals surface area contributed by atoms with Gasteiger partial charge in [-0.2, -0.15) is 4.98 Å². The van der Waals surface area contributed by atoms with Crippen molar-refractivity contribution in [2.24, 2.45) is 0 Å². The normalized spacial score (nSPS) is 22.8. The highest BCUT2D eigenvalue weighted by atomic mass is 19.3. The second-order valence-corrected chi connectivity index (χ2v) is 6.70. The van der Waals surface area contributed by atoms with Crippen LogP contribution in [0.1, 0.15) is 44.2 Å². The van der Waals surface area contributed by atoms with E-state index >= 15 is 0 Å². The molecule has 2 fully saturated rings. The first-order valence-electron chi connectivity index (χ1n) is 8.92. The molecule has 26 heavy (non-hydrogen) atoms. The highest BCUT2D eigenvalue weighted by Gasteiger charge is 2.36. The Balaban J connectivity index is 1.56. The van der Waals surface area contributed by atoms with Crippen LogP contribution < -0.4 is 20.1 Å². The van der Waals surface area contributed by atoms with E-state index in [1.54, 1.807) is 0 Å². The fourth-order valence-corrected chi connectivity index (χ4v) is 3.23. The molecule has 0 radical (unpaired) electrons. The number of aromatic nitrogens is 2. The first-order chi connectivity index (χ1) is 12.5. The number of carbonyl (C=O) groups is 1. The lowest BCUT2D eigenvalue weighted by molar-refractivity contribution is -0.122. The quantitative estimate of drug-likeness (QED) is 0.794. The number of halogens is 2. The Kier molecular flexibility index (Phi) is 5.85. The molecule has 1 saturated carbocycles. The van der Waals surface area contributed by atoms with Crippen molar-refractivity contribution in [2.45, 2.75) is 63.1 Å². The van der Waals surface area contributed by atoms with Crippen molar-refractivity contribution < 1.29 is 23.0 Å². The Morgan fingerprint density at radius 2 is 2.15 bits per heavy atom. The number of hydrogen-bond acceptors (Lipinski definition) is 6. The van der Waals surface area contributed by atoms with E-state index in [9.17, 15) is 13.6 Å². The monoisotopic (exact) mass is 370 g/mol. The van der Waals surface area contributed by atoms with E-state index in [0.717, 1.165) is 19.4 Å². The highest BCUT2D eigenvalue weighted by Crippen LogP contribution is 2.34. The van der Waals surface area contributed by atoms with E-state index in [2.05, 4.69) is 20.6 Å². The number of hydrogen-bond donors (Lipinski definition) is 2. The van der Waals surface area contributed by atoms with Crippen LogP contribution in [0.25, 0.3) is 0 Å². The van der Waals surface area contributed by atoms with Crippen molar-refractivity contribution >= 4 is 5.91 Å². The average molecular weight is 370 g/mol. The number of carbonyl (C=O) groups excluding carboxylic acids is 1. The predicted molar refractivity (Wildman–Crippen MR) is 89.3 cm³/mol. The second-order valence-electron chi connectivity index (χ2n) is 6.70. The van der Waals surface area contributed by atoms with Gasteiger partial charge >= 0.3 is 0 Å². The van der Waals surface area contributed by atoms with Gasteiger partial charge in [0.15, 0.2) is 0 Å². The molecule has 1 aromatic rings. The minimum Gasteiger partial charge on any atom is -0.480 e. The summed E-state index contributed by atoms with van der Waals surface area (Å²) in [4.78, 5) is 20.5. The maximum Gasteiger partial charge on any atom is 0.248 e. The van der Waals surface area contributed by atoms with Crippen molar-refractivity contribution in [3.8, 4) is 11.8 Å². The largest absolute Gasteiger partial charge is 0.480 e. The fraction of sp³-hybridized carbons (Fsp3) is 0.706. The van der Waals surface area contributed by atoms with Gasteiger partial charge in [-0.05, 0) is 32.2 Å². The van der Waals surface area contributed by atoms with E-state index in [1.165, 1.54) is 13.3 Å². The van der Waals surface area contributed by atoms with Crippen molar-refractivity contribution in [3.05, 3.63) is 11.9 Å². The molecule has 0 bridgehead atoms. The van der Waals surface area contributed by atoms with Crippen LogP contribution in [0.5, 0.6) is 11.8 Å². The lowest BCUT2D eigenvalue weighted by Crippen LogP contribution is -2.40. The first-order valence-corrected chi connectivity index (χ1v) is 8.92. The first kappa shape index (κ1) is 18.8. The second kappa shape index (κ2) is 8.11. The van der Waals surface area contributed by atoms with Gasteiger partial charge in [-0.1, -0.05) is 0 Å². The number of amides is 1. The highest BCUT2D eigenvalue weighted by molar-refractivity contribution is 5.81. The van der Waals surface area contributed by atoms with Crippen molar-refractivity contribution in [3.63, 3.8) is 0 Å². The van der Waals surface area contributed by atoms with Gasteiger partial charge < -0.3 is 20.1 Å².